The van der Waals surface area contributed by atoms with Crippen molar-refractivity contribution in [2.75, 3.05) is 4.90 Å². The Morgan fingerprint density at radius 1 is 0.963 bits per heavy atom. The van der Waals surface area contributed by atoms with E-state index in [1.54, 1.807) is 23.1 Å². The highest BCUT2D eigenvalue weighted by molar-refractivity contribution is 6.30. The summed E-state index contributed by atoms with van der Waals surface area (Å²) in [5.41, 5.74) is 2.05. The molecule has 1 N–H and O–H groups in total. The van der Waals surface area contributed by atoms with Crippen LogP contribution in [0.15, 0.2) is 78.9 Å². The first-order valence-electron chi connectivity index (χ1n) is 8.92. The summed E-state index contributed by atoms with van der Waals surface area (Å²) in [7, 11) is 0. The highest BCUT2D eigenvalue weighted by atomic mass is 35.5. The summed E-state index contributed by atoms with van der Waals surface area (Å²) in [6.45, 7) is 2.00. The van der Waals surface area contributed by atoms with Gasteiger partial charge in [0.2, 0.25) is 5.91 Å². The summed E-state index contributed by atoms with van der Waals surface area (Å²) < 4.78 is 0. The number of phenols is 1. The minimum atomic E-state index is -0.600. The molecule has 1 aliphatic rings. The molecule has 136 valence electrons. The molecule has 2 atom stereocenters. The summed E-state index contributed by atoms with van der Waals surface area (Å²) in [6.07, 6.45) is 0.629. The molecular weight excluding hydrogens is 358 g/mol. The predicted molar refractivity (Wildman–Crippen MR) is 108 cm³/mol. The second-order valence-electron chi connectivity index (χ2n) is 7.20. The van der Waals surface area contributed by atoms with E-state index < -0.39 is 5.41 Å². The van der Waals surface area contributed by atoms with Gasteiger partial charge in [0.25, 0.3) is 0 Å². The lowest BCUT2D eigenvalue weighted by molar-refractivity contribution is -0.138. The molecule has 27 heavy (non-hydrogen) atoms. The molecule has 3 aromatic carbocycles. The van der Waals surface area contributed by atoms with Gasteiger partial charge in [-0.25, -0.2) is 0 Å². The van der Waals surface area contributed by atoms with E-state index in [4.69, 9.17) is 11.6 Å². The molecule has 0 spiro atoms. The average Bonchev–Trinajstić information content (AvgIpc) is 2.68. The minimum absolute atomic E-state index is 0.00723. The van der Waals surface area contributed by atoms with Gasteiger partial charge in [0, 0.05) is 5.02 Å². The third kappa shape index (κ3) is 2.98. The van der Waals surface area contributed by atoms with Crippen molar-refractivity contribution in [1.82, 2.24) is 0 Å². The highest BCUT2D eigenvalue weighted by Crippen LogP contribution is 2.55. The first-order valence-corrected chi connectivity index (χ1v) is 9.29. The number of β-lactam (4-membered cyclic amide) rings is 1. The number of benzene rings is 3. The summed E-state index contributed by atoms with van der Waals surface area (Å²) in [5.74, 6) is 0.111. The number of aromatic hydroxyl groups is 1. The van der Waals surface area contributed by atoms with Crippen LogP contribution < -0.4 is 4.90 Å². The van der Waals surface area contributed by atoms with Gasteiger partial charge in [0.1, 0.15) is 5.75 Å². The monoisotopic (exact) mass is 377 g/mol. The number of rotatable bonds is 4. The smallest absolute Gasteiger partial charge is 0.236 e. The van der Waals surface area contributed by atoms with Gasteiger partial charge in [-0.2, -0.15) is 0 Å². The minimum Gasteiger partial charge on any atom is -0.506 e. The van der Waals surface area contributed by atoms with Gasteiger partial charge in [-0.1, -0.05) is 66.2 Å². The van der Waals surface area contributed by atoms with Gasteiger partial charge >= 0.3 is 0 Å². The van der Waals surface area contributed by atoms with Gasteiger partial charge in [-0.05, 0) is 48.7 Å². The zero-order valence-electron chi connectivity index (χ0n) is 15.0. The number of hydrogen-bond donors (Lipinski definition) is 1. The number of hydrogen-bond acceptors (Lipinski definition) is 2. The second kappa shape index (κ2) is 6.75. The molecule has 4 heteroatoms. The molecule has 1 heterocycles. The molecule has 0 saturated carbocycles. The molecule has 4 rings (SSSR count). The van der Waals surface area contributed by atoms with Crippen molar-refractivity contribution >= 4 is 23.2 Å². The van der Waals surface area contributed by atoms with Crippen molar-refractivity contribution in [3.63, 3.8) is 0 Å². The Bertz CT molecular complexity index is 971. The number of carbonyl (C=O) groups excluding carboxylic acids is 1. The SMILES string of the molecule is C[C@]1(Cc2ccccc2)C(=O)N(c2ccccc2O)[C@@H]1c1ccc(Cl)cc1. The summed E-state index contributed by atoms with van der Waals surface area (Å²) >= 11 is 6.07. The topological polar surface area (TPSA) is 40.5 Å². The van der Waals surface area contributed by atoms with Gasteiger partial charge in [0.05, 0.1) is 17.1 Å². The van der Waals surface area contributed by atoms with E-state index in [-0.39, 0.29) is 17.7 Å². The molecule has 1 saturated heterocycles. The molecule has 3 nitrogen and oxygen atoms in total. The van der Waals surface area contributed by atoms with Crippen LogP contribution in [0.3, 0.4) is 0 Å². The summed E-state index contributed by atoms with van der Waals surface area (Å²) in [6, 6.07) is 24.4. The molecule has 1 aliphatic heterocycles. The quantitative estimate of drug-likeness (QED) is 0.620. The Morgan fingerprint density at radius 2 is 1.59 bits per heavy atom. The number of phenolic OH excluding ortho intramolecular Hbond substituents is 1. The number of para-hydroxylation sites is 2. The molecule has 0 aromatic heterocycles. The van der Waals surface area contributed by atoms with E-state index in [1.165, 1.54) is 0 Å². The Kier molecular flexibility index (Phi) is 4.40. The van der Waals surface area contributed by atoms with Crippen molar-refractivity contribution in [3.8, 4) is 5.75 Å². The Balaban J connectivity index is 1.78. The molecule has 0 radical (unpaired) electrons. The van der Waals surface area contributed by atoms with Crippen molar-refractivity contribution in [2.45, 2.75) is 19.4 Å². The second-order valence-corrected chi connectivity index (χ2v) is 7.63. The van der Waals surface area contributed by atoms with Gasteiger partial charge < -0.3 is 5.11 Å². The van der Waals surface area contributed by atoms with Crippen molar-refractivity contribution in [3.05, 3.63) is 95.0 Å². The Morgan fingerprint density at radius 3 is 2.26 bits per heavy atom. The molecule has 3 aromatic rings. The fourth-order valence-electron chi connectivity index (χ4n) is 4.00. The van der Waals surface area contributed by atoms with Gasteiger partial charge in [-0.3, -0.25) is 9.69 Å². The van der Waals surface area contributed by atoms with Crippen molar-refractivity contribution in [1.29, 1.82) is 0 Å². The van der Waals surface area contributed by atoms with Crippen LogP contribution in [0.2, 0.25) is 5.02 Å². The van der Waals surface area contributed by atoms with E-state index in [1.807, 2.05) is 67.6 Å². The lowest BCUT2D eigenvalue weighted by Gasteiger charge is -2.55. The number of carbonyl (C=O) groups is 1. The molecule has 0 unspecified atom stereocenters. The van der Waals surface area contributed by atoms with E-state index in [0.717, 1.165) is 11.1 Å². The molecule has 0 aliphatic carbocycles. The fourth-order valence-corrected chi connectivity index (χ4v) is 4.12. The average molecular weight is 378 g/mol. The van der Waals surface area contributed by atoms with Gasteiger partial charge in [-0.15, -0.1) is 0 Å². The predicted octanol–water partition coefficient (Wildman–Crippen LogP) is 5.38. The fraction of sp³-hybridized carbons (Fsp3) is 0.174. The maximum absolute atomic E-state index is 13.3. The van der Waals surface area contributed by atoms with Crippen LogP contribution >= 0.6 is 11.6 Å². The molecular formula is C23H20ClNO2. The third-order valence-corrected chi connectivity index (χ3v) is 5.56. The van der Waals surface area contributed by atoms with E-state index in [0.29, 0.717) is 17.1 Å². The normalized spacial score (nSPS) is 21.8. The van der Waals surface area contributed by atoms with E-state index in [9.17, 15) is 9.90 Å². The summed E-state index contributed by atoms with van der Waals surface area (Å²) in [4.78, 5) is 15.0. The highest BCUT2D eigenvalue weighted by Gasteiger charge is 2.58. The van der Waals surface area contributed by atoms with Crippen LogP contribution in [0.25, 0.3) is 0 Å². The lowest BCUT2D eigenvalue weighted by Crippen LogP contribution is -2.63. The largest absolute Gasteiger partial charge is 0.506 e. The van der Waals surface area contributed by atoms with Crippen LogP contribution in [0, 0.1) is 5.41 Å². The van der Waals surface area contributed by atoms with Crippen LogP contribution in [0.4, 0.5) is 5.69 Å². The van der Waals surface area contributed by atoms with Crippen molar-refractivity contribution in [2.24, 2.45) is 5.41 Å². The van der Waals surface area contributed by atoms with Crippen LogP contribution in [0.1, 0.15) is 24.1 Å². The van der Waals surface area contributed by atoms with Crippen LogP contribution in [-0.2, 0) is 11.2 Å². The maximum Gasteiger partial charge on any atom is 0.236 e. The van der Waals surface area contributed by atoms with Crippen LogP contribution in [-0.4, -0.2) is 11.0 Å². The lowest BCUT2D eigenvalue weighted by atomic mass is 9.65. The standard InChI is InChI=1S/C23H20ClNO2/c1-23(15-16-7-3-2-4-8-16)21(17-11-13-18(24)14-12-17)25(22(23)27)19-9-5-6-10-20(19)26/h2-14,21,26H,15H2,1H3/t21-,23-/m1/s1. The van der Waals surface area contributed by atoms with Crippen LogP contribution in [0.5, 0.6) is 5.75 Å². The molecule has 0 bridgehead atoms. The first-order chi connectivity index (χ1) is 13.0. The molecule has 1 amide bonds. The zero-order valence-corrected chi connectivity index (χ0v) is 15.7. The Labute approximate surface area is 163 Å². The maximum atomic E-state index is 13.3. The van der Waals surface area contributed by atoms with Crippen molar-refractivity contribution < 1.29 is 9.90 Å². The number of amides is 1. The third-order valence-electron chi connectivity index (χ3n) is 5.31. The Hall–Kier alpha value is -2.78. The number of nitrogens with zero attached hydrogens (tertiary/aromatic N) is 1. The van der Waals surface area contributed by atoms with Gasteiger partial charge in [0.15, 0.2) is 0 Å². The summed E-state index contributed by atoms with van der Waals surface area (Å²) in [5, 5.41) is 11.0. The number of anilines is 1. The molecule has 1 fully saturated rings. The first kappa shape index (κ1) is 17.6. The van der Waals surface area contributed by atoms with E-state index in [2.05, 4.69) is 0 Å². The zero-order chi connectivity index (χ0) is 19.0. The number of halogens is 1. The van der Waals surface area contributed by atoms with E-state index >= 15 is 0 Å².